The number of aromatic nitrogens is 2. The molecule has 0 atom stereocenters. The largest absolute Gasteiger partial charge is 0.427 e. The van der Waals surface area contributed by atoms with Gasteiger partial charge in [0.1, 0.15) is 0 Å². The summed E-state index contributed by atoms with van der Waals surface area (Å²) in [5.41, 5.74) is 4.02. The van der Waals surface area contributed by atoms with Gasteiger partial charge in [0.25, 0.3) is 0 Å². The second kappa shape index (κ2) is 4.94. The number of nitrogens with zero attached hydrogens (tertiary/aromatic N) is 2. The van der Waals surface area contributed by atoms with Crippen LogP contribution in [0.5, 0.6) is 0 Å². The molecule has 94 valence electrons. The number of fused-ring (bicyclic) bond motifs is 1. The third-order valence-electron chi connectivity index (χ3n) is 3.41. The van der Waals surface area contributed by atoms with Crippen LogP contribution in [0.3, 0.4) is 0 Å². The minimum atomic E-state index is 0.0569. The Labute approximate surface area is 111 Å². The van der Waals surface area contributed by atoms with Crippen molar-refractivity contribution in [1.82, 2.24) is 10.2 Å². The summed E-state index contributed by atoms with van der Waals surface area (Å²) in [6.45, 7) is 2.82. The van der Waals surface area contributed by atoms with Gasteiger partial charge in [-0.05, 0) is 22.7 Å². The molecular weight excluding hydrogens is 239 g/mol. The summed E-state index contributed by atoms with van der Waals surface area (Å²) in [6, 6.07) is 7.80. The van der Waals surface area contributed by atoms with Crippen LogP contribution in [-0.4, -0.2) is 22.9 Å². The minimum absolute atomic E-state index is 0.0569. The zero-order valence-corrected chi connectivity index (χ0v) is 10.7. The lowest BCUT2D eigenvalue weighted by molar-refractivity contribution is 0.0992. The van der Waals surface area contributed by atoms with E-state index < -0.39 is 0 Å². The molecule has 0 saturated heterocycles. The van der Waals surface area contributed by atoms with E-state index in [0.717, 1.165) is 5.56 Å². The van der Waals surface area contributed by atoms with Crippen LogP contribution in [0.1, 0.15) is 21.5 Å². The van der Waals surface area contributed by atoms with Gasteiger partial charge in [-0.1, -0.05) is 25.0 Å². The average Bonchev–Trinajstić information content (AvgIpc) is 2.81. The number of ketones is 1. The third kappa shape index (κ3) is 2.42. The van der Waals surface area contributed by atoms with E-state index in [1.54, 1.807) is 6.07 Å². The highest BCUT2D eigenvalue weighted by Crippen LogP contribution is 2.14. The molecule has 2 aromatic rings. The number of Topliss-reactive ketones (excluding diaryl/α,β-unsaturated/α-hetero) is 1. The number of carbonyl (C=O) groups excluding carboxylic acids is 1. The van der Waals surface area contributed by atoms with Crippen LogP contribution in [-0.2, 0) is 17.7 Å². The van der Waals surface area contributed by atoms with Gasteiger partial charge in [0.2, 0.25) is 0 Å². The predicted octanol–water partition coefficient (Wildman–Crippen LogP) is 1.26. The fraction of sp³-hybridized carbons (Fsp3) is 0.214. The Morgan fingerprint density at radius 2 is 2.26 bits per heavy atom. The van der Waals surface area contributed by atoms with Crippen molar-refractivity contribution in [3.63, 3.8) is 0 Å². The van der Waals surface area contributed by atoms with Crippen molar-refractivity contribution in [2.75, 3.05) is 0 Å². The first kappa shape index (κ1) is 12.1. The first-order chi connectivity index (χ1) is 9.24. The fourth-order valence-electron chi connectivity index (χ4n) is 2.31. The number of hydrogen-bond donors (Lipinski definition) is 0. The van der Waals surface area contributed by atoms with Crippen LogP contribution in [0, 0.1) is 0 Å². The van der Waals surface area contributed by atoms with Crippen molar-refractivity contribution in [3.05, 3.63) is 53.3 Å². The molecule has 0 radical (unpaired) electrons. The lowest BCUT2D eigenvalue weighted by atomic mass is 9.64. The molecule has 1 aliphatic heterocycles. The van der Waals surface area contributed by atoms with Crippen LogP contribution in [0.15, 0.2) is 36.7 Å². The Morgan fingerprint density at radius 3 is 3.05 bits per heavy atom. The SMILES string of the molecule is CB1OCc2ccc(CC(=O)c3ccnnc3)cc21. The molecule has 1 aromatic carbocycles. The molecule has 0 N–H and O–H groups in total. The van der Waals surface area contributed by atoms with Crippen molar-refractivity contribution in [2.24, 2.45) is 0 Å². The summed E-state index contributed by atoms with van der Waals surface area (Å²) in [7, 11) is 0. The Kier molecular flexibility index (Phi) is 3.13. The van der Waals surface area contributed by atoms with Crippen LogP contribution in [0.4, 0.5) is 0 Å². The zero-order chi connectivity index (χ0) is 13.2. The molecule has 5 heteroatoms. The monoisotopic (exact) mass is 252 g/mol. The Bertz CT molecular complexity index is 616. The molecule has 0 amide bonds. The summed E-state index contributed by atoms with van der Waals surface area (Å²) in [6.07, 6.45) is 3.42. The highest BCUT2D eigenvalue weighted by atomic mass is 16.4. The molecule has 0 unspecified atom stereocenters. The van der Waals surface area contributed by atoms with Crippen LogP contribution in [0.25, 0.3) is 0 Å². The highest BCUT2D eigenvalue weighted by Gasteiger charge is 2.23. The predicted molar refractivity (Wildman–Crippen MR) is 72.5 cm³/mol. The van der Waals surface area contributed by atoms with E-state index >= 15 is 0 Å². The maximum atomic E-state index is 12.1. The first-order valence-corrected chi connectivity index (χ1v) is 6.27. The molecule has 0 saturated carbocycles. The Morgan fingerprint density at radius 1 is 1.37 bits per heavy atom. The molecule has 4 nitrogen and oxygen atoms in total. The maximum absolute atomic E-state index is 12.1. The van der Waals surface area contributed by atoms with E-state index in [1.807, 2.05) is 19.0 Å². The quantitative estimate of drug-likeness (QED) is 0.609. The number of benzene rings is 1. The van der Waals surface area contributed by atoms with Crippen molar-refractivity contribution in [2.45, 2.75) is 19.9 Å². The summed E-state index contributed by atoms with van der Waals surface area (Å²) < 4.78 is 5.56. The van der Waals surface area contributed by atoms with Crippen LogP contribution >= 0.6 is 0 Å². The number of rotatable bonds is 3. The van der Waals surface area contributed by atoms with Crippen LogP contribution in [0.2, 0.25) is 6.82 Å². The lowest BCUT2D eigenvalue weighted by Gasteiger charge is -2.05. The van der Waals surface area contributed by atoms with Crippen molar-refractivity contribution in [1.29, 1.82) is 0 Å². The zero-order valence-electron chi connectivity index (χ0n) is 10.7. The van der Waals surface area contributed by atoms with Gasteiger partial charge < -0.3 is 4.65 Å². The highest BCUT2D eigenvalue weighted by molar-refractivity contribution is 6.67. The molecule has 0 bridgehead atoms. The molecular formula is C14H13BN2O2. The van der Waals surface area contributed by atoms with E-state index in [2.05, 4.69) is 16.3 Å². The van der Waals surface area contributed by atoms with Crippen molar-refractivity contribution < 1.29 is 9.45 Å². The van der Waals surface area contributed by atoms with Gasteiger partial charge in [-0.15, -0.1) is 0 Å². The molecule has 3 rings (SSSR count). The van der Waals surface area contributed by atoms with Crippen molar-refractivity contribution in [3.8, 4) is 0 Å². The van der Waals surface area contributed by atoms with Gasteiger partial charge in [-0.25, -0.2) is 0 Å². The molecule has 1 aromatic heterocycles. The smallest absolute Gasteiger partial charge is 0.324 e. The third-order valence-corrected chi connectivity index (χ3v) is 3.41. The lowest BCUT2D eigenvalue weighted by Crippen LogP contribution is -2.24. The Hall–Kier alpha value is -2.01. The van der Waals surface area contributed by atoms with E-state index in [1.165, 1.54) is 23.4 Å². The van der Waals surface area contributed by atoms with E-state index in [0.29, 0.717) is 18.6 Å². The summed E-state index contributed by atoms with van der Waals surface area (Å²) >= 11 is 0. The maximum Gasteiger partial charge on any atom is 0.324 e. The van der Waals surface area contributed by atoms with Gasteiger partial charge in [0, 0.05) is 12.0 Å². The molecule has 0 fully saturated rings. The summed E-state index contributed by atoms with van der Waals surface area (Å²) in [5.74, 6) is 0.0569. The number of hydrogen-bond acceptors (Lipinski definition) is 4. The second-order valence-electron chi connectivity index (χ2n) is 4.72. The molecule has 2 heterocycles. The molecule has 1 aliphatic rings. The van der Waals surface area contributed by atoms with E-state index in [4.69, 9.17) is 4.65 Å². The standard InChI is InChI=1S/C14H13BN2O2/c1-15-13-6-10(2-3-12(13)9-19-15)7-14(18)11-4-5-16-17-8-11/h2-6,8H,7,9H2,1H3. The van der Waals surface area contributed by atoms with E-state index in [9.17, 15) is 4.79 Å². The summed E-state index contributed by atoms with van der Waals surface area (Å²) in [5, 5.41) is 7.40. The van der Waals surface area contributed by atoms with Gasteiger partial charge in [-0.3, -0.25) is 4.79 Å². The second-order valence-corrected chi connectivity index (χ2v) is 4.72. The fourth-order valence-corrected chi connectivity index (χ4v) is 2.31. The van der Waals surface area contributed by atoms with Gasteiger partial charge in [0.15, 0.2) is 5.78 Å². The average molecular weight is 252 g/mol. The first-order valence-electron chi connectivity index (χ1n) is 6.27. The summed E-state index contributed by atoms with van der Waals surface area (Å²) in [4.78, 5) is 12.1. The topological polar surface area (TPSA) is 52.1 Å². The van der Waals surface area contributed by atoms with E-state index in [-0.39, 0.29) is 12.7 Å². The van der Waals surface area contributed by atoms with Gasteiger partial charge in [0.05, 0.1) is 19.0 Å². The van der Waals surface area contributed by atoms with Gasteiger partial charge >= 0.3 is 6.92 Å². The molecule has 19 heavy (non-hydrogen) atoms. The van der Waals surface area contributed by atoms with Crippen molar-refractivity contribution >= 4 is 18.2 Å². The number of carbonyl (C=O) groups is 1. The normalized spacial score (nSPS) is 13.4. The molecule has 0 spiro atoms. The minimum Gasteiger partial charge on any atom is -0.427 e. The Balaban J connectivity index is 1.81. The van der Waals surface area contributed by atoms with Gasteiger partial charge in [-0.2, -0.15) is 10.2 Å². The molecule has 0 aliphatic carbocycles. The van der Waals surface area contributed by atoms with Crippen LogP contribution < -0.4 is 5.46 Å².